The number of carbonyl (C=O) groups is 1. The zero-order valence-electron chi connectivity index (χ0n) is 12.0. The molecule has 0 spiro atoms. The Balaban J connectivity index is 2.25. The third-order valence-corrected chi connectivity index (χ3v) is 3.32. The van der Waals surface area contributed by atoms with Gasteiger partial charge in [0.15, 0.2) is 11.4 Å². The van der Waals surface area contributed by atoms with Crippen LogP contribution in [-0.4, -0.2) is 21.2 Å². The third kappa shape index (κ3) is 2.57. The molecule has 2 aromatic carbocycles. The smallest absolute Gasteiger partial charge is 0.358 e. The minimum atomic E-state index is -1.47. The van der Waals surface area contributed by atoms with E-state index in [0.717, 1.165) is 0 Å². The summed E-state index contributed by atoms with van der Waals surface area (Å²) in [5, 5.41) is 28.9. The van der Waals surface area contributed by atoms with Gasteiger partial charge in [0.25, 0.3) is 0 Å². The number of hydrogen-bond acceptors (Lipinski definition) is 5. The number of carboxylic acids is 1. The Kier molecular flexibility index (Phi) is 3.72. The van der Waals surface area contributed by atoms with Gasteiger partial charge in [0.2, 0.25) is 0 Å². The Bertz CT molecular complexity index is 994. The first kappa shape index (κ1) is 15.2. The van der Waals surface area contributed by atoms with Crippen molar-refractivity contribution in [2.45, 2.75) is 0 Å². The highest BCUT2D eigenvalue weighted by molar-refractivity contribution is 6.03. The average Bonchev–Trinajstić information content (AvgIpc) is 2.57. The summed E-state index contributed by atoms with van der Waals surface area (Å²) in [7, 11) is 0. The van der Waals surface area contributed by atoms with Crippen molar-refractivity contribution in [2.24, 2.45) is 0 Å². The first-order chi connectivity index (χ1) is 11.5. The van der Waals surface area contributed by atoms with Crippen LogP contribution in [0.25, 0.3) is 10.8 Å². The van der Waals surface area contributed by atoms with E-state index in [1.54, 1.807) is 12.1 Å². The number of benzene rings is 2. The van der Waals surface area contributed by atoms with Crippen LogP contribution in [0.5, 0.6) is 17.2 Å². The van der Waals surface area contributed by atoms with Crippen molar-refractivity contribution in [1.82, 2.24) is 4.98 Å². The highest BCUT2D eigenvalue weighted by Crippen LogP contribution is 2.38. The van der Waals surface area contributed by atoms with Gasteiger partial charge in [0.05, 0.1) is 5.39 Å². The average molecular weight is 324 g/mol. The van der Waals surface area contributed by atoms with Crippen molar-refractivity contribution < 1.29 is 24.1 Å². The fourth-order valence-electron chi connectivity index (χ4n) is 2.27. The van der Waals surface area contributed by atoms with Gasteiger partial charge < -0.3 is 14.9 Å². The fraction of sp³-hybridized carbons (Fsp3) is 0. The first-order valence-corrected chi connectivity index (χ1v) is 6.73. The number of aromatic carboxylic acids is 1. The number of aromatic hydroxyl groups is 1. The van der Waals surface area contributed by atoms with Crippen LogP contribution in [0.4, 0.5) is 4.39 Å². The zero-order valence-corrected chi connectivity index (χ0v) is 12.0. The molecule has 0 saturated heterocycles. The third-order valence-electron chi connectivity index (χ3n) is 3.32. The lowest BCUT2D eigenvalue weighted by molar-refractivity contribution is 0.0687. The van der Waals surface area contributed by atoms with Crippen molar-refractivity contribution in [3.8, 4) is 23.3 Å². The first-order valence-electron chi connectivity index (χ1n) is 6.73. The van der Waals surface area contributed by atoms with E-state index in [4.69, 9.17) is 9.84 Å². The van der Waals surface area contributed by atoms with Gasteiger partial charge in [-0.25, -0.2) is 14.2 Å². The standard InChI is InChI=1S/C17H9FN2O4/c18-9-4-6-10(7-5-9)24-13-3-1-2-11-12(8-19)20-15(17(22)23)16(21)14(11)13/h1-7,21H,(H,22,23). The van der Waals surface area contributed by atoms with E-state index >= 15 is 0 Å². The van der Waals surface area contributed by atoms with Crippen LogP contribution < -0.4 is 4.74 Å². The number of pyridine rings is 1. The summed E-state index contributed by atoms with van der Waals surface area (Å²) in [6.07, 6.45) is 0. The summed E-state index contributed by atoms with van der Waals surface area (Å²) in [6, 6.07) is 11.6. The van der Waals surface area contributed by atoms with Gasteiger partial charge >= 0.3 is 5.97 Å². The maximum Gasteiger partial charge on any atom is 0.358 e. The van der Waals surface area contributed by atoms with Crippen LogP contribution >= 0.6 is 0 Å². The molecule has 7 heteroatoms. The van der Waals surface area contributed by atoms with Crippen molar-refractivity contribution in [3.05, 3.63) is 59.7 Å². The van der Waals surface area contributed by atoms with Gasteiger partial charge in [-0.05, 0) is 30.3 Å². The molecule has 0 amide bonds. The number of carboxylic acid groups (broad SMARTS) is 1. The van der Waals surface area contributed by atoms with Crippen LogP contribution in [-0.2, 0) is 0 Å². The molecule has 3 aromatic rings. The number of halogens is 1. The molecule has 0 saturated carbocycles. The van der Waals surface area contributed by atoms with Gasteiger partial charge in [0.1, 0.15) is 29.1 Å². The molecule has 2 N–H and O–H groups in total. The van der Waals surface area contributed by atoms with E-state index in [-0.39, 0.29) is 28.0 Å². The van der Waals surface area contributed by atoms with Crippen molar-refractivity contribution in [3.63, 3.8) is 0 Å². The Morgan fingerprint density at radius 1 is 1.21 bits per heavy atom. The van der Waals surface area contributed by atoms with Gasteiger partial charge in [-0.15, -0.1) is 0 Å². The van der Waals surface area contributed by atoms with Crippen molar-refractivity contribution in [1.29, 1.82) is 5.26 Å². The van der Waals surface area contributed by atoms with Gasteiger partial charge in [-0.2, -0.15) is 5.26 Å². The highest BCUT2D eigenvalue weighted by Gasteiger charge is 2.21. The van der Waals surface area contributed by atoms with Gasteiger partial charge in [-0.1, -0.05) is 12.1 Å². The molecule has 1 aromatic heterocycles. The predicted octanol–water partition coefficient (Wildman–Crippen LogP) is 3.44. The highest BCUT2D eigenvalue weighted by atomic mass is 19.1. The van der Waals surface area contributed by atoms with E-state index in [9.17, 15) is 19.6 Å². The van der Waals surface area contributed by atoms with Crippen molar-refractivity contribution >= 4 is 16.7 Å². The van der Waals surface area contributed by atoms with Crippen LogP contribution in [0.3, 0.4) is 0 Å². The Hall–Kier alpha value is -3.66. The largest absolute Gasteiger partial charge is 0.505 e. The van der Waals surface area contributed by atoms with Crippen LogP contribution in [0, 0.1) is 17.1 Å². The Morgan fingerprint density at radius 2 is 1.92 bits per heavy atom. The second-order valence-corrected chi connectivity index (χ2v) is 4.81. The molecule has 0 aliphatic carbocycles. The summed E-state index contributed by atoms with van der Waals surface area (Å²) < 4.78 is 18.6. The van der Waals surface area contributed by atoms with E-state index in [2.05, 4.69) is 4.98 Å². The number of ether oxygens (including phenoxy) is 1. The molecular weight excluding hydrogens is 315 g/mol. The van der Waals surface area contributed by atoms with Gasteiger partial charge in [0, 0.05) is 5.39 Å². The minimum absolute atomic E-state index is 0.0470. The van der Waals surface area contributed by atoms with E-state index in [1.807, 2.05) is 0 Å². The van der Waals surface area contributed by atoms with E-state index in [1.165, 1.54) is 36.4 Å². The molecule has 0 unspecified atom stereocenters. The minimum Gasteiger partial charge on any atom is -0.505 e. The zero-order chi connectivity index (χ0) is 17.3. The molecule has 1 heterocycles. The summed E-state index contributed by atoms with van der Waals surface area (Å²) in [6.45, 7) is 0. The van der Waals surface area contributed by atoms with Gasteiger partial charge in [-0.3, -0.25) is 0 Å². The molecule has 0 atom stereocenters. The Labute approximate surface area is 135 Å². The second kappa shape index (κ2) is 5.85. The second-order valence-electron chi connectivity index (χ2n) is 4.81. The summed E-state index contributed by atoms with van der Waals surface area (Å²) in [5.41, 5.74) is -0.793. The lowest BCUT2D eigenvalue weighted by Crippen LogP contribution is -2.04. The number of aromatic nitrogens is 1. The number of nitriles is 1. The molecule has 24 heavy (non-hydrogen) atoms. The number of fused-ring (bicyclic) bond motifs is 1. The molecule has 6 nitrogen and oxygen atoms in total. The number of rotatable bonds is 3. The number of nitrogens with zero attached hydrogens (tertiary/aromatic N) is 2. The maximum absolute atomic E-state index is 13.0. The predicted molar refractivity (Wildman–Crippen MR) is 81.6 cm³/mol. The maximum atomic E-state index is 13.0. The van der Waals surface area contributed by atoms with Crippen LogP contribution in [0.15, 0.2) is 42.5 Å². The quantitative estimate of drug-likeness (QED) is 0.765. The molecule has 0 fully saturated rings. The lowest BCUT2D eigenvalue weighted by atomic mass is 10.1. The Morgan fingerprint density at radius 3 is 2.54 bits per heavy atom. The summed E-state index contributed by atoms with van der Waals surface area (Å²) >= 11 is 0. The summed E-state index contributed by atoms with van der Waals surface area (Å²) in [5.74, 6) is -2.10. The summed E-state index contributed by atoms with van der Waals surface area (Å²) in [4.78, 5) is 14.9. The van der Waals surface area contributed by atoms with E-state index in [0.29, 0.717) is 0 Å². The fourth-order valence-corrected chi connectivity index (χ4v) is 2.27. The molecule has 0 bridgehead atoms. The van der Waals surface area contributed by atoms with E-state index < -0.39 is 23.2 Å². The van der Waals surface area contributed by atoms with Crippen LogP contribution in [0.2, 0.25) is 0 Å². The lowest BCUT2D eigenvalue weighted by Gasteiger charge is -2.12. The topological polar surface area (TPSA) is 103 Å². The normalized spacial score (nSPS) is 10.3. The van der Waals surface area contributed by atoms with Crippen LogP contribution in [0.1, 0.15) is 16.2 Å². The SMILES string of the molecule is N#Cc1nc(C(=O)O)c(O)c2c(Oc3ccc(F)cc3)cccc12. The molecule has 3 rings (SSSR count). The molecule has 0 aliphatic rings. The molecular formula is C17H9FN2O4. The van der Waals surface area contributed by atoms with Crippen molar-refractivity contribution in [2.75, 3.05) is 0 Å². The molecule has 118 valence electrons. The monoisotopic (exact) mass is 324 g/mol. The molecule has 0 aliphatic heterocycles. The number of hydrogen-bond donors (Lipinski definition) is 2. The molecule has 0 radical (unpaired) electrons.